The second-order valence-electron chi connectivity index (χ2n) is 7.38. The molecule has 1 N–H and O–H groups in total. The minimum Gasteiger partial charge on any atom is -0.388 e. The zero-order valence-electron chi connectivity index (χ0n) is 16.3. The molecule has 3 nitrogen and oxygen atoms in total. The van der Waals surface area contributed by atoms with Crippen molar-refractivity contribution in [3.8, 4) is 0 Å². The minimum absolute atomic E-state index is 0.0255. The third-order valence-corrected chi connectivity index (χ3v) is 6.12. The predicted molar refractivity (Wildman–Crippen MR) is 121 cm³/mol. The Morgan fingerprint density at radius 1 is 1.28 bits per heavy atom. The second kappa shape index (κ2) is 7.85. The molecule has 4 rings (SSSR count). The molecule has 0 bridgehead atoms. The van der Waals surface area contributed by atoms with Gasteiger partial charge in [-0.3, -0.25) is 5.01 Å². The van der Waals surface area contributed by atoms with Gasteiger partial charge in [0, 0.05) is 40.9 Å². The van der Waals surface area contributed by atoms with Gasteiger partial charge in [-0.05, 0) is 25.8 Å². The van der Waals surface area contributed by atoms with Gasteiger partial charge >= 0.3 is 0 Å². The zero-order chi connectivity index (χ0) is 20.7. The summed E-state index contributed by atoms with van der Waals surface area (Å²) in [6.45, 7) is 5.89. The van der Waals surface area contributed by atoms with Crippen LogP contribution in [0.15, 0.2) is 70.4 Å². The van der Waals surface area contributed by atoms with Crippen LogP contribution >= 0.6 is 23.2 Å². The maximum atomic E-state index is 14.8. The van der Waals surface area contributed by atoms with E-state index in [9.17, 15) is 4.39 Å². The first kappa shape index (κ1) is 20.0. The van der Waals surface area contributed by atoms with Crippen LogP contribution in [0.4, 0.5) is 10.1 Å². The number of nitrogens with zero attached hydrogens (tertiary/aromatic N) is 2. The maximum absolute atomic E-state index is 14.8. The van der Waals surface area contributed by atoms with Crippen LogP contribution in [0, 0.1) is 11.7 Å². The summed E-state index contributed by atoms with van der Waals surface area (Å²) in [5, 5.41) is 10.7. The maximum Gasteiger partial charge on any atom is 0.134 e. The van der Waals surface area contributed by atoms with Gasteiger partial charge in [0.25, 0.3) is 0 Å². The molecule has 0 spiro atoms. The molecule has 1 aromatic rings. The van der Waals surface area contributed by atoms with Crippen molar-refractivity contribution in [2.24, 2.45) is 11.0 Å². The zero-order valence-corrected chi connectivity index (χ0v) is 17.9. The van der Waals surface area contributed by atoms with Crippen LogP contribution in [0.25, 0.3) is 5.70 Å². The molecule has 1 aliphatic heterocycles. The Kier molecular flexibility index (Phi) is 5.41. The molecule has 2 unspecified atom stereocenters. The molecular weight excluding hydrogens is 408 g/mol. The van der Waals surface area contributed by atoms with E-state index < -0.39 is 5.82 Å². The Morgan fingerprint density at radius 2 is 2.03 bits per heavy atom. The standard InChI is InChI=1S/C23H22Cl2FN3/c1-13-8-9-21-17(10-13)23(15-6-4-5-7-18(15)24)28-29(21)22-12-20(26)16(11-19(22)25)14(2)27-3/h6-12,17,21,27H,2,4-5H2,1,3H3. The lowest BCUT2D eigenvalue weighted by Crippen LogP contribution is -2.33. The first-order chi connectivity index (χ1) is 13.9. The minimum atomic E-state index is -0.398. The van der Waals surface area contributed by atoms with Crippen molar-refractivity contribution in [3.05, 3.63) is 81.7 Å². The average molecular weight is 430 g/mol. The lowest BCUT2D eigenvalue weighted by Gasteiger charge is -2.28. The quantitative estimate of drug-likeness (QED) is 0.617. The van der Waals surface area contributed by atoms with Gasteiger partial charge in [-0.1, -0.05) is 65.7 Å². The van der Waals surface area contributed by atoms with E-state index >= 15 is 0 Å². The second-order valence-corrected chi connectivity index (χ2v) is 8.19. The third kappa shape index (κ3) is 3.56. The van der Waals surface area contributed by atoms with Crippen LogP contribution < -0.4 is 10.3 Å². The molecule has 2 aliphatic carbocycles. The molecule has 1 aromatic carbocycles. The summed E-state index contributed by atoms with van der Waals surface area (Å²) < 4.78 is 14.8. The molecule has 2 atom stereocenters. The van der Waals surface area contributed by atoms with E-state index in [2.05, 4.69) is 43.1 Å². The number of benzene rings is 1. The third-order valence-electron chi connectivity index (χ3n) is 5.46. The molecule has 29 heavy (non-hydrogen) atoms. The van der Waals surface area contributed by atoms with Crippen LogP contribution in [0.3, 0.4) is 0 Å². The summed E-state index contributed by atoms with van der Waals surface area (Å²) in [6.07, 6.45) is 12.3. The van der Waals surface area contributed by atoms with Crippen LogP contribution in [0.5, 0.6) is 0 Å². The predicted octanol–water partition coefficient (Wildman–Crippen LogP) is 6.19. The van der Waals surface area contributed by atoms with Crippen molar-refractivity contribution in [3.63, 3.8) is 0 Å². The monoisotopic (exact) mass is 429 g/mol. The summed E-state index contributed by atoms with van der Waals surface area (Å²) in [6, 6.07) is 2.93. The summed E-state index contributed by atoms with van der Waals surface area (Å²) in [5.74, 6) is -0.372. The summed E-state index contributed by atoms with van der Waals surface area (Å²) in [4.78, 5) is 0. The Labute approximate surface area is 180 Å². The topological polar surface area (TPSA) is 27.6 Å². The van der Waals surface area contributed by atoms with E-state index in [0.29, 0.717) is 27.0 Å². The molecule has 0 saturated carbocycles. The summed E-state index contributed by atoms with van der Waals surface area (Å²) >= 11 is 13.1. The van der Waals surface area contributed by atoms with E-state index in [-0.39, 0.29) is 12.0 Å². The van der Waals surface area contributed by atoms with Gasteiger partial charge in [-0.25, -0.2) is 4.39 Å². The fourth-order valence-electron chi connectivity index (χ4n) is 3.93. The number of hydrogen-bond donors (Lipinski definition) is 1. The highest BCUT2D eigenvalue weighted by atomic mass is 35.5. The highest BCUT2D eigenvalue weighted by Gasteiger charge is 2.39. The van der Waals surface area contributed by atoms with Crippen molar-refractivity contribution in [2.75, 3.05) is 12.1 Å². The van der Waals surface area contributed by atoms with Gasteiger partial charge in [-0.15, -0.1) is 0 Å². The summed E-state index contributed by atoms with van der Waals surface area (Å²) in [5.41, 5.74) is 4.34. The van der Waals surface area contributed by atoms with Gasteiger partial charge in [0.05, 0.1) is 22.5 Å². The van der Waals surface area contributed by atoms with E-state index in [1.54, 1.807) is 18.1 Å². The molecule has 150 valence electrons. The molecule has 0 amide bonds. The smallest absolute Gasteiger partial charge is 0.134 e. The van der Waals surface area contributed by atoms with E-state index in [1.807, 2.05) is 6.08 Å². The Balaban J connectivity index is 1.81. The van der Waals surface area contributed by atoms with Crippen LogP contribution in [-0.2, 0) is 0 Å². The van der Waals surface area contributed by atoms with Crippen molar-refractivity contribution in [1.82, 2.24) is 5.32 Å². The van der Waals surface area contributed by atoms with Crippen LogP contribution in [0.1, 0.15) is 25.3 Å². The fraction of sp³-hybridized carbons (Fsp3) is 0.261. The largest absolute Gasteiger partial charge is 0.388 e. The number of halogens is 3. The van der Waals surface area contributed by atoms with Gasteiger partial charge in [0.15, 0.2) is 0 Å². The fourth-order valence-corrected chi connectivity index (χ4v) is 4.46. The van der Waals surface area contributed by atoms with Crippen LogP contribution in [0.2, 0.25) is 5.02 Å². The van der Waals surface area contributed by atoms with Crippen molar-refractivity contribution in [2.45, 2.75) is 25.8 Å². The molecule has 0 aromatic heterocycles. The van der Waals surface area contributed by atoms with Gasteiger partial charge in [-0.2, -0.15) is 5.10 Å². The number of anilines is 1. The molecule has 6 heteroatoms. The van der Waals surface area contributed by atoms with Gasteiger partial charge in [0.2, 0.25) is 0 Å². The Bertz CT molecular complexity index is 1030. The van der Waals surface area contributed by atoms with Crippen molar-refractivity contribution in [1.29, 1.82) is 0 Å². The highest BCUT2D eigenvalue weighted by molar-refractivity contribution is 6.36. The normalized spacial score (nSPS) is 23.1. The first-order valence-electron chi connectivity index (χ1n) is 9.57. The van der Waals surface area contributed by atoms with E-state index in [0.717, 1.165) is 29.7 Å². The number of hydrazone groups is 1. The van der Waals surface area contributed by atoms with Crippen molar-refractivity contribution >= 4 is 40.3 Å². The number of fused-ring (bicyclic) bond motifs is 1. The van der Waals surface area contributed by atoms with Crippen molar-refractivity contribution < 1.29 is 4.39 Å². The first-order valence-corrected chi connectivity index (χ1v) is 10.3. The number of hydrogen-bond acceptors (Lipinski definition) is 3. The molecule has 0 fully saturated rings. The lowest BCUT2D eigenvalue weighted by molar-refractivity contribution is 0.619. The molecule has 3 aliphatic rings. The number of nitrogens with one attached hydrogen (secondary N) is 1. The molecular formula is C23H22Cl2FN3. The molecule has 0 radical (unpaired) electrons. The molecule has 0 saturated heterocycles. The number of rotatable bonds is 4. The summed E-state index contributed by atoms with van der Waals surface area (Å²) in [7, 11) is 1.70. The average Bonchev–Trinajstić information content (AvgIpc) is 3.07. The Hall–Kier alpha value is -2.30. The molecule has 1 heterocycles. The number of allylic oxidation sites excluding steroid dienone is 6. The van der Waals surface area contributed by atoms with E-state index in [4.69, 9.17) is 28.3 Å². The Morgan fingerprint density at radius 3 is 2.76 bits per heavy atom. The van der Waals surface area contributed by atoms with Crippen LogP contribution in [-0.4, -0.2) is 18.8 Å². The van der Waals surface area contributed by atoms with E-state index in [1.165, 1.54) is 6.07 Å². The highest BCUT2D eigenvalue weighted by Crippen LogP contribution is 2.41. The SMILES string of the molecule is C=C(NC)c1cc(Cl)c(N2N=C(C3=CCCC=C3Cl)C3C=C(C)C=CC32)cc1F. The van der Waals surface area contributed by atoms with Gasteiger partial charge in [0.1, 0.15) is 5.82 Å². The van der Waals surface area contributed by atoms with Gasteiger partial charge < -0.3 is 5.32 Å². The lowest BCUT2D eigenvalue weighted by atomic mass is 9.84.